The molecule has 0 N–H and O–H groups in total. The van der Waals surface area contributed by atoms with Crippen LogP contribution < -0.4 is 39.3 Å². The van der Waals surface area contributed by atoms with Gasteiger partial charge in [0.1, 0.15) is 15.8 Å². The first kappa shape index (κ1) is 14.4. The fraction of sp³-hybridized carbons (Fsp3) is 0. The van der Waals surface area contributed by atoms with Crippen LogP contribution in [0.5, 0.6) is 0 Å². The predicted molar refractivity (Wildman–Crippen MR) is 64.9 cm³/mol. The molecule has 0 radical (unpaired) electrons. The van der Waals surface area contributed by atoms with E-state index >= 15 is 0 Å². The molecule has 8 nitrogen and oxygen atoms in total. The van der Waals surface area contributed by atoms with Gasteiger partial charge in [0, 0.05) is 6.20 Å². The van der Waals surface area contributed by atoms with Crippen molar-refractivity contribution in [1.29, 1.82) is 0 Å². The Hall–Kier alpha value is -1.52. The summed E-state index contributed by atoms with van der Waals surface area (Å²) in [7, 11) is -4.47. The number of nitrogens with zero attached hydrogens (tertiary/aromatic N) is 5. The zero-order valence-corrected chi connectivity index (χ0v) is 13.6. The third-order valence-electron chi connectivity index (χ3n) is 3.03. The van der Waals surface area contributed by atoms with Crippen molar-refractivity contribution in [1.82, 2.24) is 19.6 Å². The Bertz CT molecular complexity index is 1090. The summed E-state index contributed by atoms with van der Waals surface area (Å²) in [6, 6.07) is 4.14. The Kier molecular flexibility index (Phi) is 3.26. The minimum atomic E-state index is -4.47. The fourth-order valence-electron chi connectivity index (χ4n) is 2.20. The van der Waals surface area contributed by atoms with E-state index in [-0.39, 0.29) is 34.5 Å². The summed E-state index contributed by atoms with van der Waals surface area (Å²) in [6.07, 6.45) is 4.71. The molecular weight excluding hydrogens is 305 g/mol. The Morgan fingerprint density at radius 3 is 2.76 bits per heavy atom. The molecule has 0 aliphatic heterocycles. The molecule has 3 heterocycles. The molecule has 0 atom stereocenters. The van der Waals surface area contributed by atoms with Gasteiger partial charge in [0.25, 0.3) is 0 Å². The number of aromatic nitrogens is 5. The summed E-state index contributed by atoms with van der Waals surface area (Å²) in [5.41, 5.74) is 1.73. The Morgan fingerprint density at radius 2 is 2.00 bits per heavy atom. The van der Waals surface area contributed by atoms with Crippen LogP contribution in [0.3, 0.4) is 0 Å². The first-order chi connectivity index (χ1) is 9.54. The summed E-state index contributed by atoms with van der Waals surface area (Å²) in [5.74, 6) is 0. The normalized spacial score (nSPS) is 12.0. The second kappa shape index (κ2) is 4.75. The minimum absolute atomic E-state index is 0. The van der Waals surface area contributed by atoms with Crippen LogP contribution >= 0.6 is 0 Å². The molecule has 0 unspecified atom stereocenters. The van der Waals surface area contributed by atoms with Crippen molar-refractivity contribution in [3.8, 4) is 0 Å². The molecule has 0 amide bonds. The summed E-state index contributed by atoms with van der Waals surface area (Å²) >= 11 is 0. The average molecular weight is 311 g/mol. The van der Waals surface area contributed by atoms with Gasteiger partial charge in [-0.1, -0.05) is 4.63 Å². The average Bonchev–Trinajstić information content (AvgIpc) is 2.91. The van der Waals surface area contributed by atoms with Crippen molar-refractivity contribution in [2.75, 3.05) is 0 Å². The van der Waals surface area contributed by atoms with Gasteiger partial charge in [-0.2, -0.15) is 4.52 Å². The molecule has 4 aromatic rings. The molecule has 10 heteroatoms. The first-order valence-electron chi connectivity index (χ1n) is 5.61. The number of benzene rings is 1. The molecule has 0 fully saturated rings. The molecular formula is C11H6N5NaO3S. The molecule has 0 bridgehead atoms. The van der Waals surface area contributed by atoms with E-state index in [0.29, 0.717) is 22.2 Å². The third-order valence-corrected chi connectivity index (χ3v) is 3.86. The quantitative estimate of drug-likeness (QED) is 0.205. The molecule has 100 valence electrons. The van der Waals surface area contributed by atoms with Crippen LogP contribution in [0.25, 0.3) is 22.2 Å². The van der Waals surface area contributed by atoms with Gasteiger partial charge in [-0.15, -0.1) is 5.10 Å². The molecule has 0 spiro atoms. The van der Waals surface area contributed by atoms with Crippen LogP contribution in [-0.4, -0.2) is 27.5 Å². The van der Waals surface area contributed by atoms with E-state index in [1.807, 2.05) is 0 Å². The van der Waals surface area contributed by atoms with Gasteiger partial charge >= 0.3 is 29.6 Å². The Labute approximate surface area is 140 Å². The predicted octanol–water partition coefficient (Wildman–Crippen LogP) is -3.51. The van der Waals surface area contributed by atoms with E-state index in [1.165, 1.54) is 16.8 Å². The number of rotatable bonds is 1. The maximum atomic E-state index is 11.0. The molecule has 21 heavy (non-hydrogen) atoms. The number of hydrogen-bond donors (Lipinski definition) is 0. The molecule has 0 aliphatic carbocycles. The van der Waals surface area contributed by atoms with E-state index < -0.39 is 10.1 Å². The Morgan fingerprint density at radius 1 is 1.24 bits per heavy atom. The monoisotopic (exact) mass is 311 g/mol. The SMILES string of the molecule is O=S(=O)([O-])c1ccc2c(c1)c[n+]1[n-]c3nccnc3n21.[Na+]. The van der Waals surface area contributed by atoms with Crippen LogP contribution in [0.4, 0.5) is 0 Å². The minimum Gasteiger partial charge on any atom is -0.744 e. The van der Waals surface area contributed by atoms with E-state index in [9.17, 15) is 13.0 Å². The fourth-order valence-corrected chi connectivity index (χ4v) is 2.71. The topological polar surface area (TPSA) is 106 Å². The van der Waals surface area contributed by atoms with Crippen molar-refractivity contribution in [3.63, 3.8) is 0 Å². The van der Waals surface area contributed by atoms with Crippen LogP contribution in [-0.2, 0) is 10.1 Å². The zero-order chi connectivity index (χ0) is 13.9. The largest absolute Gasteiger partial charge is 1.00 e. The molecule has 0 saturated heterocycles. The van der Waals surface area contributed by atoms with Crippen molar-refractivity contribution in [3.05, 3.63) is 36.8 Å². The van der Waals surface area contributed by atoms with Gasteiger partial charge in [-0.3, -0.25) is 0 Å². The van der Waals surface area contributed by atoms with Crippen LogP contribution in [0.1, 0.15) is 0 Å². The van der Waals surface area contributed by atoms with Gasteiger partial charge in [-0.05, 0) is 24.4 Å². The van der Waals surface area contributed by atoms with Gasteiger partial charge < -0.3 is 9.54 Å². The number of hydrogen-bond acceptors (Lipinski definition) is 5. The second-order valence-electron chi connectivity index (χ2n) is 4.24. The smallest absolute Gasteiger partial charge is 0.744 e. The second-order valence-corrected chi connectivity index (χ2v) is 5.62. The van der Waals surface area contributed by atoms with Gasteiger partial charge in [0.05, 0.1) is 15.8 Å². The third kappa shape index (κ3) is 2.14. The summed E-state index contributed by atoms with van der Waals surface area (Å²) < 4.78 is 36.3. The van der Waals surface area contributed by atoms with E-state index in [1.54, 1.807) is 29.2 Å². The van der Waals surface area contributed by atoms with Gasteiger partial charge in [0.15, 0.2) is 5.65 Å². The standard InChI is InChI=1S/C11H7N5O3S.Na/c17-20(18,19)8-1-2-9-7(5-8)6-15-14-10-11(16(9)15)13-4-3-12-10;/h1-6H,(H,17,18,19);/q;+1/p-1. The van der Waals surface area contributed by atoms with Crippen molar-refractivity contribution < 1.29 is 47.2 Å². The van der Waals surface area contributed by atoms with E-state index in [0.717, 1.165) is 0 Å². The molecule has 0 aliphatic rings. The summed E-state index contributed by atoms with van der Waals surface area (Å²) in [4.78, 5) is 8.02. The molecule has 1 aromatic carbocycles. The van der Waals surface area contributed by atoms with Crippen LogP contribution in [0.15, 0.2) is 41.7 Å². The zero-order valence-electron chi connectivity index (χ0n) is 10.8. The van der Waals surface area contributed by atoms with E-state index in [4.69, 9.17) is 0 Å². The summed E-state index contributed by atoms with van der Waals surface area (Å²) in [5, 5.41) is 4.81. The Balaban J connectivity index is 0.00000132. The maximum Gasteiger partial charge on any atom is 1.00 e. The molecule has 3 aromatic heterocycles. The van der Waals surface area contributed by atoms with Crippen molar-refractivity contribution >= 4 is 32.3 Å². The summed E-state index contributed by atoms with van der Waals surface area (Å²) in [6.45, 7) is 0. The van der Waals surface area contributed by atoms with Crippen molar-refractivity contribution in [2.24, 2.45) is 0 Å². The first-order valence-corrected chi connectivity index (χ1v) is 7.02. The van der Waals surface area contributed by atoms with Gasteiger partial charge in [0.2, 0.25) is 6.20 Å². The molecule has 0 saturated carbocycles. The van der Waals surface area contributed by atoms with E-state index in [2.05, 4.69) is 15.1 Å². The number of fused-ring (bicyclic) bond motifs is 5. The van der Waals surface area contributed by atoms with Gasteiger partial charge in [-0.25, -0.2) is 13.4 Å². The van der Waals surface area contributed by atoms with Crippen molar-refractivity contribution in [2.45, 2.75) is 4.90 Å². The molecule has 4 rings (SSSR count). The maximum absolute atomic E-state index is 11.0. The van der Waals surface area contributed by atoms with Crippen LogP contribution in [0.2, 0.25) is 0 Å². The van der Waals surface area contributed by atoms with Crippen LogP contribution in [0, 0.1) is 0 Å².